The van der Waals surface area contributed by atoms with Gasteiger partial charge in [-0.15, -0.1) is 0 Å². The van der Waals surface area contributed by atoms with E-state index in [4.69, 9.17) is 4.42 Å². The highest BCUT2D eigenvalue weighted by atomic mass is 79.9. The molecule has 0 bridgehead atoms. The average Bonchev–Trinajstić information content (AvgIpc) is 2.83. The third kappa shape index (κ3) is 1.33. The zero-order valence-corrected chi connectivity index (χ0v) is 9.02. The molecule has 6 heteroatoms. The van der Waals surface area contributed by atoms with Crippen LogP contribution in [0, 0.1) is 0 Å². The molecule has 74 valence electrons. The number of oxazole rings is 1. The summed E-state index contributed by atoms with van der Waals surface area (Å²) >= 11 is 3.32. The van der Waals surface area contributed by atoms with Gasteiger partial charge in [0.05, 0.1) is 17.9 Å². The maximum Gasteiger partial charge on any atom is 0.181 e. The van der Waals surface area contributed by atoms with E-state index < -0.39 is 0 Å². The normalized spacial score (nSPS) is 11.0. The number of aromatic amines is 1. The lowest BCUT2D eigenvalue weighted by atomic mass is 10.2. The molecular weight excluding hydrogens is 260 g/mol. The van der Waals surface area contributed by atoms with Crippen molar-refractivity contribution in [2.45, 2.75) is 0 Å². The molecule has 3 aromatic heterocycles. The summed E-state index contributed by atoms with van der Waals surface area (Å²) in [6.45, 7) is 0. The molecule has 0 saturated heterocycles. The summed E-state index contributed by atoms with van der Waals surface area (Å²) in [6.07, 6.45) is 4.72. The van der Waals surface area contributed by atoms with Crippen LogP contribution >= 0.6 is 15.9 Å². The van der Waals surface area contributed by atoms with Crippen molar-refractivity contribution in [1.29, 1.82) is 0 Å². The molecule has 0 saturated carbocycles. The number of hydrogen-bond acceptors (Lipinski definition) is 4. The minimum absolute atomic E-state index is 0.638. The number of nitrogens with zero attached hydrogens (tertiary/aromatic N) is 3. The van der Waals surface area contributed by atoms with Gasteiger partial charge in [-0.3, -0.25) is 5.10 Å². The van der Waals surface area contributed by atoms with Crippen molar-refractivity contribution >= 4 is 26.8 Å². The van der Waals surface area contributed by atoms with E-state index in [1.807, 2.05) is 6.07 Å². The summed E-state index contributed by atoms with van der Waals surface area (Å²) in [5, 5.41) is 7.99. The van der Waals surface area contributed by atoms with E-state index in [1.54, 1.807) is 12.4 Å². The maximum atomic E-state index is 5.20. The van der Waals surface area contributed by atoms with Gasteiger partial charge >= 0.3 is 0 Å². The first-order valence-electron chi connectivity index (χ1n) is 4.23. The smallest absolute Gasteiger partial charge is 0.181 e. The predicted molar refractivity (Wildman–Crippen MR) is 57.1 cm³/mol. The molecule has 0 aromatic carbocycles. The van der Waals surface area contributed by atoms with Crippen molar-refractivity contribution in [3.63, 3.8) is 0 Å². The van der Waals surface area contributed by atoms with Gasteiger partial charge in [-0.1, -0.05) is 0 Å². The highest BCUT2D eigenvalue weighted by Gasteiger charge is 2.11. The van der Waals surface area contributed by atoms with Gasteiger partial charge < -0.3 is 4.42 Å². The SMILES string of the molecule is Brc1cc2c(-c3cnco3)n[nH]c2cn1. The number of nitrogens with one attached hydrogen (secondary N) is 1. The van der Waals surface area contributed by atoms with Gasteiger partial charge in [0.25, 0.3) is 0 Å². The Morgan fingerprint density at radius 2 is 2.27 bits per heavy atom. The Morgan fingerprint density at radius 3 is 3.07 bits per heavy atom. The molecule has 15 heavy (non-hydrogen) atoms. The van der Waals surface area contributed by atoms with Crippen LogP contribution in [-0.4, -0.2) is 20.2 Å². The molecule has 3 aromatic rings. The molecule has 5 nitrogen and oxygen atoms in total. The number of pyridine rings is 1. The standard InChI is InChI=1S/C9H5BrN4O/c10-8-1-5-6(2-12-8)13-14-9(5)7-3-11-4-15-7/h1-4H,(H,13,14). The van der Waals surface area contributed by atoms with Gasteiger partial charge in [-0.2, -0.15) is 5.10 Å². The van der Waals surface area contributed by atoms with Crippen LogP contribution in [0.1, 0.15) is 0 Å². The van der Waals surface area contributed by atoms with E-state index in [-0.39, 0.29) is 0 Å². The van der Waals surface area contributed by atoms with Gasteiger partial charge in [-0.05, 0) is 22.0 Å². The second-order valence-corrected chi connectivity index (χ2v) is 3.80. The molecule has 0 aliphatic rings. The first kappa shape index (κ1) is 8.60. The minimum atomic E-state index is 0.638. The van der Waals surface area contributed by atoms with E-state index in [9.17, 15) is 0 Å². The number of rotatable bonds is 1. The van der Waals surface area contributed by atoms with Crippen molar-refractivity contribution < 1.29 is 4.42 Å². The Morgan fingerprint density at radius 1 is 1.33 bits per heavy atom. The lowest BCUT2D eigenvalue weighted by Gasteiger charge is -1.92. The van der Waals surface area contributed by atoms with E-state index in [0.29, 0.717) is 5.76 Å². The predicted octanol–water partition coefficient (Wildman–Crippen LogP) is 2.38. The molecule has 0 aliphatic carbocycles. The quantitative estimate of drug-likeness (QED) is 0.686. The Labute approximate surface area is 92.7 Å². The summed E-state index contributed by atoms with van der Waals surface area (Å²) in [6, 6.07) is 1.89. The Balaban J connectivity index is 2.32. The Bertz CT molecular complexity index is 602. The summed E-state index contributed by atoms with van der Waals surface area (Å²) < 4.78 is 5.96. The highest BCUT2D eigenvalue weighted by Crippen LogP contribution is 2.26. The van der Waals surface area contributed by atoms with Crippen LogP contribution < -0.4 is 0 Å². The first-order valence-corrected chi connectivity index (χ1v) is 5.02. The Hall–Kier alpha value is -1.69. The van der Waals surface area contributed by atoms with Crippen LogP contribution in [0.4, 0.5) is 0 Å². The van der Waals surface area contributed by atoms with Gasteiger partial charge in [0, 0.05) is 5.39 Å². The van der Waals surface area contributed by atoms with E-state index in [0.717, 1.165) is 21.2 Å². The molecule has 3 heterocycles. The lowest BCUT2D eigenvalue weighted by molar-refractivity contribution is 0.570. The van der Waals surface area contributed by atoms with Gasteiger partial charge in [0.2, 0.25) is 0 Å². The molecule has 3 rings (SSSR count). The number of hydrogen-bond donors (Lipinski definition) is 1. The molecule has 0 fully saturated rings. The number of aromatic nitrogens is 4. The van der Waals surface area contributed by atoms with E-state index >= 15 is 0 Å². The molecule has 0 aliphatic heterocycles. The van der Waals surface area contributed by atoms with Crippen LogP contribution in [0.5, 0.6) is 0 Å². The second kappa shape index (κ2) is 3.16. The van der Waals surface area contributed by atoms with E-state index in [1.165, 1.54) is 6.39 Å². The molecule has 0 radical (unpaired) electrons. The fourth-order valence-corrected chi connectivity index (χ4v) is 1.74. The Kier molecular flexibility index (Phi) is 1.81. The molecular formula is C9H5BrN4O. The zero-order chi connectivity index (χ0) is 10.3. The molecule has 1 N–H and O–H groups in total. The van der Waals surface area contributed by atoms with Crippen LogP contribution in [0.25, 0.3) is 22.4 Å². The number of fused-ring (bicyclic) bond motifs is 1. The summed E-state index contributed by atoms with van der Waals surface area (Å²) in [4.78, 5) is 7.96. The maximum absolute atomic E-state index is 5.20. The highest BCUT2D eigenvalue weighted by molar-refractivity contribution is 9.10. The van der Waals surface area contributed by atoms with Crippen molar-refractivity contribution in [2.24, 2.45) is 0 Å². The number of halogens is 1. The van der Waals surface area contributed by atoms with Gasteiger partial charge in [-0.25, -0.2) is 9.97 Å². The second-order valence-electron chi connectivity index (χ2n) is 2.99. The zero-order valence-electron chi connectivity index (χ0n) is 7.44. The van der Waals surface area contributed by atoms with E-state index in [2.05, 4.69) is 36.1 Å². The summed E-state index contributed by atoms with van der Waals surface area (Å²) in [5.74, 6) is 0.638. The van der Waals surface area contributed by atoms with Crippen LogP contribution in [0.3, 0.4) is 0 Å². The summed E-state index contributed by atoms with van der Waals surface area (Å²) in [7, 11) is 0. The lowest BCUT2D eigenvalue weighted by Crippen LogP contribution is -1.76. The summed E-state index contributed by atoms with van der Waals surface area (Å²) in [5.41, 5.74) is 1.61. The minimum Gasteiger partial charge on any atom is -0.442 e. The third-order valence-electron chi connectivity index (χ3n) is 2.08. The third-order valence-corrected chi connectivity index (χ3v) is 2.51. The topological polar surface area (TPSA) is 67.6 Å². The first-order chi connectivity index (χ1) is 7.34. The fraction of sp³-hybridized carbons (Fsp3) is 0. The average molecular weight is 265 g/mol. The van der Waals surface area contributed by atoms with Gasteiger partial charge in [0.15, 0.2) is 12.2 Å². The molecule has 0 amide bonds. The largest absolute Gasteiger partial charge is 0.442 e. The monoisotopic (exact) mass is 264 g/mol. The van der Waals surface area contributed by atoms with Crippen molar-refractivity contribution in [2.75, 3.05) is 0 Å². The van der Waals surface area contributed by atoms with Crippen LogP contribution in [0.2, 0.25) is 0 Å². The van der Waals surface area contributed by atoms with Crippen molar-refractivity contribution in [3.05, 3.63) is 29.5 Å². The molecule has 0 unspecified atom stereocenters. The van der Waals surface area contributed by atoms with Crippen molar-refractivity contribution in [1.82, 2.24) is 20.2 Å². The van der Waals surface area contributed by atoms with Gasteiger partial charge in [0.1, 0.15) is 10.3 Å². The fourth-order valence-electron chi connectivity index (χ4n) is 1.41. The van der Waals surface area contributed by atoms with Crippen molar-refractivity contribution in [3.8, 4) is 11.5 Å². The van der Waals surface area contributed by atoms with Crippen LogP contribution in [-0.2, 0) is 0 Å². The number of H-pyrrole nitrogens is 1. The van der Waals surface area contributed by atoms with Crippen LogP contribution in [0.15, 0.2) is 33.9 Å². The molecule has 0 spiro atoms. The molecule has 0 atom stereocenters.